The van der Waals surface area contributed by atoms with Crippen LogP contribution in [0.3, 0.4) is 0 Å². The van der Waals surface area contributed by atoms with Crippen LogP contribution in [0.5, 0.6) is 0 Å². The number of carbonyl (C=O) groups is 2. The van der Waals surface area contributed by atoms with Crippen molar-refractivity contribution in [3.05, 3.63) is 42.7 Å². The van der Waals surface area contributed by atoms with Gasteiger partial charge in [-0.25, -0.2) is 0 Å². The summed E-state index contributed by atoms with van der Waals surface area (Å²) in [5, 5.41) is 29.1. The molecule has 1 amide bonds. The van der Waals surface area contributed by atoms with Gasteiger partial charge in [-0.05, 0) is 24.3 Å². The monoisotopic (exact) mass is 505 g/mol. The van der Waals surface area contributed by atoms with Gasteiger partial charge in [0.1, 0.15) is 11.4 Å². The SMILES string of the molecule is O=C([O-])CCOCCOCCOCCC(=O)Nc1ccc(-c2nnc(-c3ccccn3)nn2)nc1.[Na+]. The van der Waals surface area contributed by atoms with E-state index in [0.29, 0.717) is 42.7 Å². The summed E-state index contributed by atoms with van der Waals surface area (Å²) >= 11 is 0. The maximum atomic E-state index is 12.1. The number of anilines is 1. The second-order valence-corrected chi connectivity index (χ2v) is 6.95. The third-order valence-electron chi connectivity index (χ3n) is 4.32. The Balaban J connectivity index is 0.00000456. The predicted octanol–water partition coefficient (Wildman–Crippen LogP) is -3.09. The number of hydrogen-bond acceptors (Lipinski definition) is 12. The number of aromatic nitrogens is 6. The van der Waals surface area contributed by atoms with Gasteiger partial charge in [-0.1, -0.05) is 6.07 Å². The van der Waals surface area contributed by atoms with E-state index in [1.165, 1.54) is 6.20 Å². The molecule has 0 atom stereocenters. The zero-order chi connectivity index (χ0) is 24.7. The molecule has 0 spiro atoms. The van der Waals surface area contributed by atoms with E-state index in [1.54, 1.807) is 30.5 Å². The van der Waals surface area contributed by atoms with Crippen molar-refractivity contribution in [2.75, 3.05) is 45.0 Å². The Kier molecular flexibility index (Phi) is 13.6. The molecule has 0 aliphatic rings. The van der Waals surface area contributed by atoms with Crippen molar-refractivity contribution in [1.29, 1.82) is 0 Å². The van der Waals surface area contributed by atoms with Crippen LogP contribution in [0.4, 0.5) is 5.69 Å². The smallest absolute Gasteiger partial charge is 0.550 e. The number of carboxylic acid groups (broad SMARTS) is 1. The normalized spacial score (nSPS) is 10.4. The van der Waals surface area contributed by atoms with E-state index in [4.69, 9.17) is 14.2 Å². The van der Waals surface area contributed by atoms with Crippen LogP contribution in [-0.2, 0) is 23.8 Å². The molecular formula is C22H24N7NaO6. The Hall–Kier alpha value is -2.94. The Morgan fingerprint density at radius 3 is 1.86 bits per heavy atom. The number of hydrogen-bond donors (Lipinski definition) is 1. The number of carboxylic acids is 1. The van der Waals surface area contributed by atoms with Crippen molar-refractivity contribution in [3.63, 3.8) is 0 Å². The first kappa shape index (κ1) is 29.3. The van der Waals surface area contributed by atoms with E-state index in [0.717, 1.165) is 0 Å². The molecule has 13 nitrogen and oxygen atoms in total. The topological polar surface area (TPSA) is 174 Å². The van der Waals surface area contributed by atoms with E-state index < -0.39 is 5.97 Å². The van der Waals surface area contributed by atoms with Gasteiger partial charge in [0, 0.05) is 18.6 Å². The standard InChI is InChI=1S/C22H25N7O6.Na/c30-19(6-9-33-11-13-35-14-12-34-10-7-20(31)32)25-16-4-5-18(24-15-16)22-28-26-21(27-29-22)17-3-1-2-8-23-17;/h1-5,8,15H,6-7,9-14H2,(H,25,30)(H,31,32);/q;+1/p-1. The number of aliphatic carboxylic acids is 1. The van der Waals surface area contributed by atoms with Crippen molar-refractivity contribution in [2.24, 2.45) is 0 Å². The van der Waals surface area contributed by atoms with Crippen molar-refractivity contribution in [1.82, 2.24) is 30.4 Å². The van der Waals surface area contributed by atoms with Gasteiger partial charge in [-0.3, -0.25) is 14.8 Å². The van der Waals surface area contributed by atoms with E-state index in [9.17, 15) is 14.7 Å². The molecule has 184 valence electrons. The summed E-state index contributed by atoms with van der Waals surface area (Å²) in [7, 11) is 0. The second kappa shape index (κ2) is 16.7. The minimum absolute atomic E-state index is 0. The third-order valence-corrected chi connectivity index (χ3v) is 4.32. The quantitative estimate of drug-likeness (QED) is 0.163. The minimum atomic E-state index is -1.15. The summed E-state index contributed by atoms with van der Waals surface area (Å²) in [5.41, 5.74) is 1.55. The minimum Gasteiger partial charge on any atom is -0.550 e. The Bertz CT molecular complexity index is 1060. The summed E-state index contributed by atoms with van der Waals surface area (Å²) in [6, 6.07) is 8.71. The fourth-order valence-electron chi connectivity index (χ4n) is 2.62. The third kappa shape index (κ3) is 10.8. The fourth-order valence-corrected chi connectivity index (χ4v) is 2.62. The van der Waals surface area contributed by atoms with Crippen molar-refractivity contribution in [2.45, 2.75) is 12.8 Å². The molecule has 1 N–H and O–H groups in total. The van der Waals surface area contributed by atoms with Crippen LogP contribution in [0.15, 0.2) is 42.7 Å². The maximum absolute atomic E-state index is 12.1. The number of pyridine rings is 2. The van der Waals surface area contributed by atoms with Crippen LogP contribution >= 0.6 is 0 Å². The molecule has 0 saturated heterocycles. The second-order valence-electron chi connectivity index (χ2n) is 6.95. The van der Waals surface area contributed by atoms with Crippen LogP contribution in [0, 0.1) is 0 Å². The van der Waals surface area contributed by atoms with E-state index in [-0.39, 0.29) is 74.0 Å². The van der Waals surface area contributed by atoms with Crippen LogP contribution in [0.1, 0.15) is 12.8 Å². The van der Waals surface area contributed by atoms with Gasteiger partial charge in [-0.15, -0.1) is 20.4 Å². The first-order valence-electron chi connectivity index (χ1n) is 10.8. The van der Waals surface area contributed by atoms with Crippen LogP contribution in [0.2, 0.25) is 0 Å². The average molecular weight is 505 g/mol. The molecule has 14 heteroatoms. The van der Waals surface area contributed by atoms with E-state index in [2.05, 4.69) is 35.7 Å². The molecule has 0 aliphatic carbocycles. The summed E-state index contributed by atoms with van der Waals surface area (Å²) in [4.78, 5) is 30.7. The van der Waals surface area contributed by atoms with Crippen molar-refractivity contribution >= 4 is 17.6 Å². The van der Waals surface area contributed by atoms with Crippen LogP contribution < -0.4 is 40.0 Å². The number of nitrogens with one attached hydrogen (secondary N) is 1. The van der Waals surface area contributed by atoms with E-state index >= 15 is 0 Å². The Morgan fingerprint density at radius 1 is 0.750 bits per heavy atom. The molecule has 0 radical (unpaired) electrons. The van der Waals surface area contributed by atoms with Gasteiger partial charge >= 0.3 is 29.6 Å². The molecule has 0 aromatic carbocycles. The molecule has 3 heterocycles. The fraction of sp³-hybridized carbons (Fsp3) is 0.364. The summed E-state index contributed by atoms with van der Waals surface area (Å²) in [5.74, 6) is -0.806. The molecule has 0 bridgehead atoms. The van der Waals surface area contributed by atoms with Gasteiger partial charge in [0.2, 0.25) is 17.6 Å². The summed E-state index contributed by atoms with van der Waals surface area (Å²) in [6.45, 7) is 1.60. The molecular weight excluding hydrogens is 481 g/mol. The zero-order valence-corrected chi connectivity index (χ0v) is 21.8. The number of amides is 1. The van der Waals surface area contributed by atoms with Gasteiger partial charge in [0.05, 0.1) is 57.9 Å². The van der Waals surface area contributed by atoms with Crippen LogP contribution in [-0.4, -0.2) is 81.9 Å². The van der Waals surface area contributed by atoms with E-state index in [1.807, 2.05) is 6.07 Å². The first-order chi connectivity index (χ1) is 17.1. The Labute approximate surface area is 229 Å². The number of carbonyl (C=O) groups excluding carboxylic acids is 2. The van der Waals surface area contributed by atoms with Gasteiger partial charge < -0.3 is 29.4 Å². The van der Waals surface area contributed by atoms with Gasteiger partial charge in [0.15, 0.2) is 0 Å². The van der Waals surface area contributed by atoms with Crippen LogP contribution in [0.25, 0.3) is 23.0 Å². The predicted molar refractivity (Wildman–Crippen MR) is 119 cm³/mol. The number of nitrogens with zero attached hydrogens (tertiary/aromatic N) is 6. The van der Waals surface area contributed by atoms with Crippen molar-refractivity contribution < 1.29 is 58.5 Å². The molecule has 0 aliphatic heterocycles. The van der Waals surface area contributed by atoms with Gasteiger partial charge in [0.25, 0.3) is 0 Å². The largest absolute Gasteiger partial charge is 1.00 e. The number of ether oxygens (including phenoxy) is 3. The molecule has 3 aromatic rings. The average Bonchev–Trinajstić information content (AvgIpc) is 2.88. The summed E-state index contributed by atoms with van der Waals surface area (Å²) in [6.07, 6.45) is 3.15. The maximum Gasteiger partial charge on any atom is 1.00 e. The molecule has 3 rings (SSSR count). The van der Waals surface area contributed by atoms with Crippen molar-refractivity contribution in [3.8, 4) is 23.0 Å². The van der Waals surface area contributed by atoms with Gasteiger partial charge in [-0.2, -0.15) is 0 Å². The Morgan fingerprint density at radius 2 is 1.33 bits per heavy atom. The molecule has 0 unspecified atom stereocenters. The zero-order valence-electron chi connectivity index (χ0n) is 19.8. The first-order valence-corrected chi connectivity index (χ1v) is 10.8. The number of rotatable bonds is 15. The molecule has 0 saturated carbocycles. The molecule has 36 heavy (non-hydrogen) atoms. The molecule has 0 fully saturated rings. The molecule has 3 aromatic heterocycles. The summed E-state index contributed by atoms with van der Waals surface area (Å²) < 4.78 is 15.7.